The molecule has 0 atom stereocenters. The van der Waals surface area contributed by atoms with Gasteiger partial charge in [-0.05, 0) is 61.4 Å². The number of para-hydroxylation sites is 1. The molecule has 3 aromatic carbocycles. The maximum Gasteiger partial charge on any atom is 0.323 e. The predicted molar refractivity (Wildman–Crippen MR) is 156 cm³/mol. The van der Waals surface area contributed by atoms with Crippen LogP contribution in [0.3, 0.4) is 0 Å². The third-order valence-corrected chi connectivity index (χ3v) is 7.14. The molecule has 0 spiro atoms. The lowest BCUT2D eigenvalue weighted by Gasteiger charge is -2.13. The molecular weight excluding hydrogens is 504 g/mol. The molecule has 0 unspecified atom stereocenters. The Balaban J connectivity index is 0.000000925. The highest BCUT2D eigenvalue weighted by molar-refractivity contribution is 5.98. The first-order valence-electron chi connectivity index (χ1n) is 12.6. The summed E-state index contributed by atoms with van der Waals surface area (Å²) in [5.74, 6) is 0.808. The SMILES string of the molecule is Cc1ccc2c(nc(-c3cc(-c4cncn4C)nc4ccccc34)n2-c2ccc3[nH]c(=O)[nH]c3c2)c1C.NC=O. The van der Waals surface area contributed by atoms with E-state index in [4.69, 9.17) is 14.8 Å². The summed E-state index contributed by atoms with van der Waals surface area (Å²) >= 11 is 0. The Morgan fingerprint density at radius 3 is 2.50 bits per heavy atom. The Morgan fingerprint density at radius 1 is 0.950 bits per heavy atom. The number of fused-ring (bicyclic) bond motifs is 3. The third-order valence-electron chi connectivity index (χ3n) is 7.14. The lowest BCUT2D eigenvalue weighted by Crippen LogP contribution is -2.00. The second-order valence-electron chi connectivity index (χ2n) is 9.55. The van der Waals surface area contributed by atoms with Gasteiger partial charge in [0.25, 0.3) is 0 Å². The summed E-state index contributed by atoms with van der Waals surface area (Å²) in [5, 5.41) is 1.01. The zero-order valence-corrected chi connectivity index (χ0v) is 22.1. The Bertz CT molecular complexity index is 2110. The predicted octanol–water partition coefficient (Wildman–Crippen LogP) is 4.53. The van der Waals surface area contributed by atoms with Crippen LogP contribution in [0.25, 0.3) is 61.4 Å². The third kappa shape index (κ3) is 4.02. The number of carbonyl (C=O) groups is 1. The summed E-state index contributed by atoms with van der Waals surface area (Å²) in [6.45, 7) is 4.21. The molecule has 0 aliphatic carbocycles. The number of benzene rings is 3. The number of nitrogens with zero attached hydrogens (tertiary/aromatic N) is 5. The van der Waals surface area contributed by atoms with Crippen LogP contribution in [0.2, 0.25) is 0 Å². The summed E-state index contributed by atoms with van der Waals surface area (Å²) in [5.41, 5.74) is 14.2. The first-order valence-corrected chi connectivity index (χ1v) is 12.6. The number of aromatic nitrogens is 7. The Morgan fingerprint density at radius 2 is 1.73 bits per heavy atom. The van der Waals surface area contributed by atoms with Crippen molar-refractivity contribution in [2.24, 2.45) is 12.8 Å². The molecule has 1 amide bonds. The van der Waals surface area contributed by atoms with E-state index in [1.165, 1.54) is 5.56 Å². The molecule has 0 radical (unpaired) electrons. The minimum atomic E-state index is -0.227. The average Bonchev–Trinajstić information content (AvgIpc) is 3.66. The largest absolute Gasteiger partial charge is 0.372 e. The van der Waals surface area contributed by atoms with E-state index in [1.807, 2.05) is 54.2 Å². The van der Waals surface area contributed by atoms with E-state index in [9.17, 15) is 4.79 Å². The van der Waals surface area contributed by atoms with Crippen molar-refractivity contribution in [1.29, 1.82) is 0 Å². The smallest absolute Gasteiger partial charge is 0.323 e. The molecule has 0 fully saturated rings. The van der Waals surface area contributed by atoms with Crippen molar-refractivity contribution in [3.8, 4) is 28.5 Å². The highest BCUT2D eigenvalue weighted by Crippen LogP contribution is 2.36. The monoisotopic (exact) mass is 530 g/mol. The fourth-order valence-electron chi connectivity index (χ4n) is 5.08. The van der Waals surface area contributed by atoms with Crippen LogP contribution in [0.1, 0.15) is 11.1 Å². The lowest BCUT2D eigenvalue weighted by atomic mass is 10.1. The number of rotatable bonds is 3. The van der Waals surface area contributed by atoms with Crippen molar-refractivity contribution in [2.45, 2.75) is 13.8 Å². The first-order chi connectivity index (χ1) is 19.4. The number of nitrogens with two attached hydrogens (primary N) is 1. The molecule has 0 aliphatic heterocycles. The number of H-pyrrole nitrogens is 2. The molecule has 7 rings (SSSR count). The Hall–Kier alpha value is -5.51. The molecule has 4 N–H and O–H groups in total. The number of imidazole rings is 3. The number of aryl methyl sites for hydroxylation is 3. The number of nitrogens with one attached hydrogen (secondary N) is 2. The van der Waals surface area contributed by atoms with Gasteiger partial charge in [0.15, 0.2) is 0 Å². The van der Waals surface area contributed by atoms with E-state index >= 15 is 0 Å². The van der Waals surface area contributed by atoms with Gasteiger partial charge in [0.1, 0.15) is 5.82 Å². The van der Waals surface area contributed by atoms with Crippen molar-refractivity contribution in [3.63, 3.8) is 0 Å². The molecule has 40 heavy (non-hydrogen) atoms. The highest BCUT2D eigenvalue weighted by atomic mass is 16.1. The van der Waals surface area contributed by atoms with E-state index in [0.717, 1.165) is 67.0 Å². The Kier molecular flexibility index (Phi) is 5.99. The average molecular weight is 531 g/mol. The fourth-order valence-corrected chi connectivity index (χ4v) is 5.08. The number of carbonyl (C=O) groups excluding carboxylic acids is 1. The molecule has 4 heterocycles. The van der Waals surface area contributed by atoms with Crippen LogP contribution in [-0.2, 0) is 11.8 Å². The van der Waals surface area contributed by atoms with Crippen molar-refractivity contribution in [3.05, 3.63) is 94.8 Å². The number of amides is 1. The topological polar surface area (TPSA) is 140 Å². The zero-order chi connectivity index (χ0) is 28.0. The second-order valence-corrected chi connectivity index (χ2v) is 9.55. The lowest BCUT2D eigenvalue weighted by molar-refractivity contribution is -0.106. The number of hydrogen-bond acceptors (Lipinski definition) is 5. The van der Waals surface area contributed by atoms with Crippen LogP contribution in [0.15, 0.2) is 78.0 Å². The second kappa shape index (κ2) is 9.66. The van der Waals surface area contributed by atoms with E-state index in [0.29, 0.717) is 0 Å². The number of aromatic amines is 2. The van der Waals surface area contributed by atoms with E-state index < -0.39 is 0 Å². The van der Waals surface area contributed by atoms with Gasteiger partial charge in [0, 0.05) is 23.7 Å². The quantitative estimate of drug-likeness (QED) is 0.288. The standard InChI is InChI=1S/C29H23N7O.CH3NO/c1-16-8-11-25-27(17(16)2)34-28(36(25)18-9-10-22-23(12-18)33-29(37)32-22)20-13-24(26-14-30-15-35(26)3)31-21-7-5-4-6-19(20)21;2-1-3/h4-15H,1-3H3,(H2,32,33,37);1H,(H2,2,3). The number of primary amides is 1. The van der Waals surface area contributed by atoms with Gasteiger partial charge in [-0.25, -0.2) is 19.7 Å². The maximum absolute atomic E-state index is 11.9. The van der Waals surface area contributed by atoms with Crippen LogP contribution in [-0.4, -0.2) is 40.5 Å². The summed E-state index contributed by atoms with van der Waals surface area (Å²) in [7, 11) is 1.97. The van der Waals surface area contributed by atoms with Crippen LogP contribution in [0.5, 0.6) is 0 Å². The van der Waals surface area contributed by atoms with Gasteiger partial charge >= 0.3 is 5.69 Å². The number of hydrogen-bond donors (Lipinski definition) is 3. The summed E-state index contributed by atoms with van der Waals surface area (Å²) in [6.07, 6.45) is 3.85. The molecule has 0 aliphatic rings. The molecule has 0 saturated heterocycles. The van der Waals surface area contributed by atoms with Gasteiger partial charge in [-0.1, -0.05) is 24.3 Å². The molecule has 0 bridgehead atoms. The van der Waals surface area contributed by atoms with Crippen LogP contribution >= 0.6 is 0 Å². The molecule has 4 aromatic heterocycles. The number of pyridine rings is 1. The molecule has 0 saturated carbocycles. The zero-order valence-electron chi connectivity index (χ0n) is 22.1. The molecule has 10 nitrogen and oxygen atoms in total. The fraction of sp³-hybridized carbons (Fsp3) is 0.100. The van der Waals surface area contributed by atoms with Crippen molar-refractivity contribution in [1.82, 2.24) is 34.1 Å². The summed E-state index contributed by atoms with van der Waals surface area (Å²) in [6, 6.07) is 20.4. The normalized spacial score (nSPS) is 11.2. The van der Waals surface area contributed by atoms with E-state index in [-0.39, 0.29) is 12.1 Å². The molecule has 10 heteroatoms. The molecular formula is C30H26N8O2. The van der Waals surface area contributed by atoms with Gasteiger partial charge in [-0.3, -0.25) is 9.36 Å². The minimum Gasteiger partial charge on any atom is -0.372 e. The van der Waals surface area contributed by atoms with Gasteiger partial charge < -0.3 is 20.3 Å². The summed E-state index contributed by atoms with van der Waals surface area (Å²) < 4.78 is 4.13. The first kappa shape index (κ1) is 24.8. The van der Waals surface area contributed by atoms with Crippen molar-refractivity contribution < 1.29 is 4.79 Å². The van der Waals surface area contributed by atoms with Crippen molar-refractivity contribution in [2.75, 3.05) is 0 Å². The van der Waals surface area contributed by atoms with Crippen LogP contribution < -0.4 is 11.4 Å². The van der Waals surface area contributed by atoms with Crippen molar-refractivity contribution >= 4 is 39.4 Å². The molecule has 198 valence electrons. The van der Waals surface area contributed by atoms with Gasteiger partial charge in [-0.15, -0.1) is 0 Å². The maximum atomic E-state index is 11.9. The van der Waals surface area contributed by atoms with Gasteiger partial charge in [-0.2, -0.15) is 0 Å². The Labute approximate surface area is 228 Å². The van der Waals surface area contributed by atoms with E-state index in [2.05, 4.69) is 63.4 Å². The van der Waals surface area contributed by atoms with Gasteiger partial charge in [0.05, 0.1) is 51.5 Å². The van der Waals surface area contributed by atoms with Crippen LogP contribution in [0, 0.1) is 13.8 Å². The summed E-state index contributed by atoms with van der Waals surface area (Å²) in [4.78, 5) is 40.7. The van der Waals surface area contributed by atoms with Gasteiger partial charge in [0.2, 0.25) is 6.41 Å². The minimum absolute atomic E-state index is 0.227. The highest BCUT2D eigenvalue weighted by Gasteiger charge is 2.21. The van der Waals surface area contributed by atoms with Crippen LogP contribution in [0.4, 0.5) is 0 Å². The van der Waals surface area contributed by atoms with E-state index in [1.54, 1.807) is 6.33 Å². The molecule has 7 aromatic rings.